The van der Waals surface area contributed by atoms with Crippen molar-refractivity contribution in [3.05, 3.63) is 140 Å². The first-order valence-corrected chi connectivity index (χ1v) is 14.5. The third kappa shape index (κ3) is 2.88. The van der Waals surface area contributed by atoms with Gasteiger partial charge in [-0.2, -0.15) is 0 Å². The third-order valence-electron chi connectivity index (χ3n) is 7.71. The van der Waals surface area contributed by atoms with Crippen LogP contribution in [-0.4, -0.2) is 8.90 Å². The van der Waals surface area contributed by atoms with Crippen molar-refractivity contribution in [1.82, 2.24) is 8.90 Å². The lowest BCUT2D eigenvalue weighted by Gasteiger charge is -2.24. The summed E-state index contributed by atoms with van der Waals surface area (Å²) < 4.78 is 20.3. The number of rotatable bonds is 2. The first-order chi connectivity index (χ1) is 18.7. The summed E-state index contributed by atoms with van der Waals surface area (Å²) in [5, 5.41) is 3.91. The number of aromatic nitrogens is 2. The van der Waals surface area contributed by atoms with E-state index in [0.29, 0.717) is 0 Å². The van der Waals surface area contributed by atoms with Gasteiger partial charge in [0.15, 0.2) is 0 Å². The molecule has 1 aliphatic rings. The van der Waals surface area contributed by atoms with Gasteiger partial charge in [-0.1, -0.05) is 91.0 Å². The molecule has 3 heterocycles. The van der Waals surface area contributed by atoms with E-state index >= 15 is 4.57 Å². The van der Waals surface area contributed by atoms with E-state index < -0.39 is 7.29 Å². The van der Waals surface area contributed by atoms with Gasteiger partial charge in [0.05, 0.1) is 33.4 Å². The molecule has 0 fully saturated rings. The van der Waals surface area contributed by atoms with Crippen molar-refractivity contribution in [2.45, 2.75) is 0 Å². The van der Waals surface area contributed by atoms with Gasteiger partial charge in [-0.3, -0.25) is 8.90 Å². The number of hydrogen-bond donors (Lipinski definition) is 0. The molecule has 5 aromatic carbocycles. The van der Waals surface area contributed by atoms with E-state index in [1.54, 1.807) is 0 Å². The van der Waals surface area contributed by atoms with Crippen LogP contribution in [0, 0.1) is 0 Å². The predicted molar refractivity (Wildman–Crippen MR) is 158 cm³/mol. The van der Waals surface area contributed by atoms with Crippen molar-refractivity contribution in [2.75, 3.05) is 0 Å². The lowest BCUT2D eigenvalue weighted by atomic mass is 10.1. The Balaban J connectivity index is 1.49. The van der Waals surface area contributed by atoms with E-state index in [1.165, 1.54) is 0 Å². The summed E-state index contributed by atoms with van der Waals surface area (Å²) in [4.78, 5) is 0. The smallest absolute Gasteiger partial charge is 0.236 e. The van der Waals surface area contributed by atoms with Crippen molar-refractivity contribution < 1.29 is 4.57 Å². The molecular weight excluding hydrogens is 483 g/mol. The molecule has 0 saturated carbocycles. The highest BCUT2D eigenvalue weighted by atomic mass is 31.2. The number of fused-ring (bicyclic) bond motifs is 9. The Morgan fingerprint density at radius 1 is 0.500 bits per heavy atom. The number of benzene rings is 5. The fourth-order valence-corrected chi connectivity index (χ4v) is 8.99. The van der Waals surface area contributed by atoms with E-state index in [-0.39, 0.29) is 0 Å². The normalized spacial score (nSPS) is 16.1. The molecule has 180 valence electrons. The van der Waals surface area contributed by atoms with E-state index in [0.717, 1.165) is 60.6 Å². The van der Waals surface area contributed by atoms with Crippen LogP contribution >= 0.6 is 7.29 Å². The maximum absolute atomic E-state index is 15.9. The lowest BCUT2D eigenvalue weighted by molar-refractivity contribution is 0.583. The van der Waals surface area contributed by atoms with Crippen LogP contribution < -0.4 is 10.6 Å². The zero-order chi connectivity index (χ0) is 25.3. The summed E-state index contributed by atoms with van der Waals surface area (Å²) in [7, 11) is -3.33. The molecule has 0 bridgehead atoms. The van der Waals surface area contributed by atoms with Crippen molar-refractivity contribution in [3.63, 3.8) is 0 Å². The first kappa shape index (κ1) is 21.5. The first-order valence-electron chi connectivity index (χ1n) is 12.8. The van der Waals surface area contributed by atoms with Gasteiger partial charge >= 0.3 is 0 Å². The molecule has 4 heteroatoms. The molecule has 0 aliphatic carbocycles. The summed E-state index contributed by atoms with van der Waals surface area (Å²) in [6.45, 7) is 0. The molecule has 0 amide bonds. The van der Waals surface area contributed by atoms with Gasteiger partial charge in [0.25, 0.3) is 0 Å². The molecule has 0 radical (unpaired) electrons. The molecule has 7 aromatic rings. The van der Waals surface area contributed by atoms with Gasteiger partial charge in [-0.15, -0.1) is 0 Å². The second-order valence-corrected chi connectivity index (χ2v) is 12.4. The summed E-state index contributed by atoms with van der Waals surface area (Å²) in [6.07, 6.45) is 0. The van der Waals surface area contributed by atoms with Crippen molar-refractivity contribution in [2.24, 2.45) is 0 Å². The monoisotopic (exact) mass is 506 g/mol. The van der Waals surface area contributed by atoms with Crippen LogP contribution in [0.25, 0.3) is 50.0 Å². The minimum Gasteiger partial charge on any atom is -0.307 e. The average Bonchev–Trinajstić information content (AvgIpc) is 3.54. The summed E-state index contributed by atoms with van der Waals surface area (Å²) in [5.74, 6) is 0. The second-order valence-electron chi connectivity index (χ2n) is 9.80. The molecule has 38 heavy (non-hydrogen) atoms. The Morgan fingerprint density at radius 3 is 1.87 bits per heavy atom. The zero-order valence-corrected chi connectivity index (χ0v) is 21.4. The fraction of sp³-hybridized carbons (Fsp3) is 0. The molecule has 0 saturated heterocycles. The highest BCUT2D eigenvalue weighted by Gasteiger charge is 2.39. The van der Waals surface area contributed by atoms with Crippen molar-refractivity contribution >= 4 is 39.7 Å². The molecule has 1 atom stereocenters. The Kier molecular flexibility index (Phi) is 4.50. The molecule has 8 rings (SSSR count). The minimum absolute atomic E-state index is 0.822. The standard InChI is InChI=1S/C34H23N2OP/c37-38(28-20-18-25(19-21-28)24-10-2-1-3-11-24)34-17-9-8-16-31(34)35-29-14-6-4-12-26(29)22-32(35)33-23-27-13-5-7-15-30(27)36(33)38/h1-23H. The van der Waals surface area contributed by atoms with Crippen LogP contribution in [0.15, 0.2) is 140 Å². The predicted octanol–water partition coefficient (Wildman–Crippen LogP) is 8.01. The molecule has 2 aromatic heterocycles. The highest BCUT2D eigenvalue weighted by Crippen LogP contribution is 2.55. The lowest BCUT2D eigenvalue weighted by Crippen LogP contribution is -2.23. The summed E-state index contributed by atoms with van der Waals surface area (Å²) >= 11 is 0. The highest BCUT2D eigenvalue weighted by molar-refractivity contribution is 7.77. The topological polar surface area (TPSA) is 26.9 Å². The zero-order valence-electron chi connectivity index (χ0n) is 20.5. The van der Waals surface area contributed by atoms with Gasteiger partial charge in [0.1, 0.15) is 0 Å². The molecular formula is C34H23N2OP. The van der Waals surface area contributed by atoms with Crippen molar-refractivity contribution in [3.8, 4) is 28.2 Å². The molecule has 1 unspecified atom stereocenters. The van der Waals surface area contributed by atoms with E-state index in [1.807, 2.05) is 48.5 Å². The second kappa shape index (κ2) is 7.95. The maximum Gasteiger partial charge on any atom is 0.236 e. The Bertz CT molecular complexity index is 2050. The molecule has 3 nitrogen and oxygen atoms in total. The van der Waals surface area contributed by atoms with Crippen LogP contribution in [0.4, 0.5) is 0 Å². The van der Waals surface area contributed by atoms with Crippen LogP contribution in [0.3, 0.4) is 0 Å². The number of para-hydroxylation sites is 3. The van der Waals surface area contributed by atoms with E-state index in [2.05, 4.69) is 99.9 Å². The van der Waals surface area contributed by atoms with Crippen LogP contribution in [0.1, 0.15) is 0 Å². The summed E-state index contributed by atoms with van der Waals surface area (Å²) in [6, 6.07) is 47.9. The third-order valence-corrected chi connectivity index (χ3v) is 10.7. The van der Waals surface area contributed by atoms with Gasteiger partial charge in [-0.25, -0.2) is 0 Å². The number of nitrogens with zero attached hydrogens (tertiary/aromatic N) is 2. The molecule has 0 N–H and O–H groups in total. The quantitative estimate of drug-likeness (QED) is 0.218. The van der Waals surface area contributed by atoms with Gasteiger partial charge < -0.3 is 4.57 Å². The van der Waals surface area contributed by atoms with E-state index in [4.69, 9.17) is 0 Å². The molecule has 0 spiro atoms. The maximum atomic E-state index is 15.9. The number of hydrogen-bond acceptors (Lipinski definition) is 1. The van der Waals surface area contributed by atoms with Gasteiger partial charge in [0, 0.05) is 16.1 Å². The SMILES string of the molecule is O=P1(c2ccc(-c3ccccc3)cc2)c2ccccc2-n2c(cc3ccccc32)-c2cc3ccccc3n21. The van der Waals surface area contributed by atoms with Crippen LogP contribution in [0.2, 0.25) is 0 Å². The fourth-order valence-electron chi connectivity index (χ4n) is 5.99. The minimum atomic E-state index is -3.33. The van der Waals surface area contributed by atoms with E-state index in [9.17, 15) is 0 Å². The Morgan fingerprint density at radius 2 is 1.08 bits per heavy atom. The summed E-state index contributed by atoms with van der Waals surface area (Å²) in [5.41, 5.74) is 7.33. The van der Waals surface area contributed by atoms with Gasteiger partial charge in [0.2, 0.25) is 7.29 Å². The van der Waals surface area contributed by atoms with Crippen molar-refractivity contribution in [1.29, 1.82) is 0 Å². The largest absolute Gasteiger partial charge is 0.307 e. The van der Waals surface area contributed by atoms with Crippen LogP contribution in [0.5, 0.6) is 0 Å². The van der Waals surface area contributed by atoms with Crippen LogP contribution in [-0.2, 0) is 4.57 Å². The molecule has 1 aliphatic heterocycles. The Hall–Kier alpha value is -4.59. The Labute approximate surface area is 220 Å². The average molecular weight is 507 g/mol. The van der Waals surface area contributed by atoms with Gasteiger partial charge in [-0.05, 0) is 59.7 Å².